The quantitative estimate of drug-likeness (QED) is 0.801. The summed E-state index contributed by atoms with van der Waals surface area (Å²) >= 11 is 4.44. The number of benzene rings is 2. The molecule has 0 heterocycles. The molecule has 4 nitrogen and oxygen atoms in total. The standard InChI is InChI=1S/C17H19NO3S/c1-20-14-10-12(16(22)11-15(14)21-2)8-9-17(19)18-13-6-4-3-5-7-13/h3-7,10-11,22H,8-9H2,1-2H3,(H,18,19). The topological polar surface area (TPSA) is 47.6 Å². The Morgan fingerprint density at radius 1 is 1.09 bits per heavy atom. The van der Waals surface area contributed by atoms with Crippen molar-refractivity contribution < 1.29 is 14.3 Å². The number of methoxy groups -OCH3 is 2. The number of rotatable bonds is 6. The van der Waals surface area contributed by atoms with Crippen molar-refractivity contribution in [1.82, 2.24) is 0 Å². The number of anilines is 1. The lowest BCUT2D eigenvalue weighted by Crippen LogP contribution is -2.12. The van der Waals surface area contributed by atoms with Gasteiger partial charge in [-0.2, -0.15) is 0 Å². The molecule has 2 aromatic carbocycles. The van der Waals surface area contributed by atoms with Gasteiger partial charge in [0.2, 0.25) is 5.91 Å². The molecule has 0 fully saturated rings. The molecular formula is C17H19NO3S. The molecule has 1 amide bonds. The van der Waals surface area contributed by atoms with Gasteiger partial charge in [-0.1, -0.05) is 18.2 Å². The number of hydrogen-bond donors (Lipinski definition) is 2. The summed E-state index contributed by atoms with van der Waals surface area (Å²) in [5, 5.41) is 2.86. The van der Waals surface area contributed by atoms with Crippen molar-refractivity contribution in [2.45, 2.75) is 17.7 Å². The zero-order chi connectivity index (χ0) is 15.9. The van der Waals surface area contributed by atoms with E-state index >= 15 is 0 Å². The van der Waals surface area contributed by atoms with Crippen molar-refractivity contribution >= 4 is 24.2 Å². The van der Waals surface area contributed by atoms with Crippen molar-refractivity contribution in [3.63, 3.8) is 0 Å². The van der Waals surface area contributed by atoms with E-state index in [-0.39, 0.29) is 5.91 Å². The van der Waals surface area contributed by atoms with Crippen LogP contribution in [0.15, 0.2) is 47.4 Å². The van der Waals surface area contributed by atoms with Crippen LogP contribution in [-0.2, 0) is 11.2 Å². The largest absolute Gasteiger partial charge is 0.493 e. The molecule has 0 atom stereocenters. The molecule has 0 radical (unpaired) electrons. The lowest BCUT2D eigenvalue weighted by molar-refractivity contribution is -0.116. The third-order valence-electron chi connectivity index (χ3n) is 3.26. The van der Waals surface area contributed by atoms with E-state index in [0.29, 0.717) is 24.3 Å². The maximum Gasteiger partial charge on any atom is 0.224 e. The Morgan fingerprint density at radius 2 is 1.73 bits per heavy atom. The normalized spacial score (nSPS) is 10.1. The van der Waals surface area contributed by atoms with E-state index in [2.05, 4.69) is 17.9 Å². The van der Waals surface area contributed by atoms with Crippen LogP contribution < -0.4 is 14.8 Å². The molecule has 0 aliphatic heterocycles. The first kappa shape index (κ1) is 16.2. The molecule has 1 N–H and O–H groups in total. The first-order valence-corrected chi connectivity index (χ1v) is 7.37. The molecule has 2 rings (SSSR count). The summed E-state index contributed by atoms with van der Waals surface area (Å²) in [5.41, 5.74) is 1.75. The minimum atomic E-state index is -0.0336. The van der Waals surface area contributed by atoms with Gasteiger partial charge in [0.15, 0.2) is 11.5 Å². The van der Waals surface area contributed by atoms with Gasteiger partial charge >= 0.3 is 0 Å². The lowest BCUT2D eigenvalue weighted by Gasteiger charge is -2.12. The van der Waals surface area contributed by atoms with E-state index in [1.807, 2.05) is 36.4 Å². The number of carbonyl (C=O) groups excluding carboxylic acids is 1. The van der Waals surface area contributed by atoms with E-state index in [4.69, 9.17) is 9.47 Å². The van der Waals surface area contributed by atoms with Gasteiger partial charge in [0, 0.05) is 17.0 Å². The Hall–Kier alpha value is -2.14. The highest BCUT2D eigenvalue weighted by Crippen LogP contribution is 2.32. The Labute approximate surface area is 135 Å². The van der Waals surface area contributed by atoms with Crippen molar-refractivity contribution in [2.24, 2.45) is 0 Å². The molecule has 0 aliphatic carbocycles. The molecule has 5 heteroatoms. The summed E-state index contributed by atoms with van der Waals surface area (Å²) in [4.78, 5) is 12.8. The fraction of sp³-hybridized carbons (Fsp3) is 0.235. The van der Waals surface area contributed by atoms with Crippen LogP contribution in [0, 0.1) is 0 Å². The van der Waals surface area contributed by atoms with Crippen LogP contribution in [0.5, 0.6) is 11.5 Å². The van der Waals surface area contributed by atoms with Crippen molar-refractivity contribution in [2.75, 3.05) is 19.5 Å². The Morgan fingerprint density at radius 3 is 2.36 bits per heavy atom. The van der Waals surface area contributed by atoms with Gasteiger partial charge in [-0.15, -0.1) is 12.6 Å². The third-order valence-corrected chi connectivity index (χ3v) is 3.68. The maximum absolute atomic E-state index is 12.0. The van der Waals surface area contributed by atoms with Crippen LogP contribution in [0.2, 0.25) is 0 Å². The highest BCUT2D eigenvalue weighted by Gasteiger charge is 2.11. The maximum atomic E-state index is 12.0. The van der Waals surface area contributed by atoms with Gasteiger partial charge in [-0.3, -0.25) is 4.79 Å². The zero-order valence-electron chi connectivity index (χ0n) is 12.6. The van der Waals surface area contributed by atoms with Crippen molar-refractivity contribution in [3.8, 4) is 11.5 Å². The number of thiol groups is 1. The van der Waals surface area contributed by atoms with E-state index in [0.717, 1.165) is 16.1 Å². The van der Waals surface area contributed by atoms with Crippen LogP contribution in [0.25, 0.3) is 0 Å². The average Bonchev–Trinajstić information content (AvgIpc) is 2.54. The highest BCUT2D eigenvalue weighted by atomic mass is 32.1. The molecule has 0 saturated heterocycles. The monoisotopic (exact) mass is 317 g/mol. The number of amides is 1. The second-order valence-electron chi connectivity index (χ2n) is 4.75. The van der Waals surface area contributed by atoms with Crippen LogP contribution in [0.3, 0.4) is 0 Å². The summed E-state index contributed by atoms with van der Waals surface area (Å²) in [6.45, 7) is 0. The highest BCUT2D eigenvalue weighted by molar-refractivity contribution is 7.80. The summed E-state index contributed by atoms with van der Waals surface area (Å²) in [6.07, 6.45) is 0.954. The number of hydrogen-bond acceptors (Lipinski definition) is 4. The van der Waals surface area contributed by atoms with Crippen molar-refractivity contribution in [1.29, 1.82) is 0 Å². The minimum Gasteiger partial charge on any atom is -0.493 e. The van der Waals surface area contributed by atoms with Crippen LogP contribution in [0.1, 0.15) is 12.0 Å². The Bertz CT molecular complexity index is 644. The van der Waals surface area contributed by atoms with E-state index < -0.39 is 0 Å². The SMILES string of the molecule is COc1cc(S)c(CCC(=O)Nc2ccccc2)cc1OC. The number of para-hydroxylation sites is 1. The number of aryl methyl sites for hydroxylation is 1. The molecule has 0 spiro atoms. The van der Waals surface area contributed by atoms with Gasteiger partial charge in [-0.25, -0.2) is 0 Å². The van der Waals surface area contributed by atoms with Gasteiger partial charge in [0.05, 0.1) is 14.2 Å². The second-order valence-corrected chi connectivity index (χ2v) is 5.23. The summed E-state index contributed by atoms with van der Waals surface area (Å²) in [5.74, 6) is 1.23. The zero-order valence-corrected chi connectivity index (χ0v) is 13.5. The van der Waals surface area contributed by atoms with Crippen LogP contribution >= 0.6 is 12.6 Å². The molecule has 0 aliphatic rings. The minimum absolute atomic E-state index is 0.0336. The van der Waals surface area contributed by atoms with E-state index in [1.54, 1.807) is 20.3 Å². The third kappa shape index (κ3) is 4.18. The first-order chi connectivity index (χ1) is 10.6. The smallest absolute Gasteiger partial charge is 0.224 e. The number of carbonyl (C=O) groups is 1. The molecule has 2 aromatic rings. The van der Waals surface area contributed by atoms with Crippen LogP contribution in [-0.4, -0.2) is 20.1 Å². The van der Waals surface area contributed by atoms with E-state index in [1.165, 1.54) is 0 Å². The van der Waals surface area contributed by atoms with Gasteiger partial charge < -0.3 is 14.8 Å². The molecule has 0 unspecified atom stereocenters. The molecule has 0 saturated carbocycles. The van der Waals surface area contributed by atoms with Gasteiger partial charge in [-0.05, 0) is 36.2 Å². The second kappa shape index (κ2) is 7.75. The summed E-state index contributed by atoms with van der Waals surface area (Å²) in [6, 6.07) is 13.1. The fourth-order valence-corrected chi connectivity index (χ4v) is 2.40. The number of nitrogens with one attached hydrogen (secondary N) is 1. The Balaban J connectivity index is 2.00. The summed E-state index contributed by atoms with van der Waals surface area (Å²) < 4.78 is 10.5. The van der Waals surface area contributed by atoms with Gasteiger partial charge in [0.1, 0.15) is 0 Å². The number of ether oxygens (including phenoxy) is 2. The Kier molecular flexibility index (Phi) is 5.72. The molecule has 116 valence electrons. The molecular weight excluding hydrogens is 298 g/mol. The summed E-state index contributed by atoms with van der Waals surface area (Å²) in [7, 11) is 3.17. The van der Waals surface area contributed by atoms with Crippen LogP contribution in [0.4, 0.5) is 5.69 Å². The lowest BCUT2D eigenvalue weighted by atomic mass is 10.1. The van der Waals surface area contributed by atoms with E-state index in [9.17, 15) is 4.79 Å². The van der Waals surface area contributed by atoms with Gasteiger partial charge in [0.25, 0.3) is 0 Å². The average molecular weight is 317 g/mol. The molecule has 0 bridgehead atoms. The fourth-order valence-electron chi connectivity index (χ4n) is 2.10. The first-order valence-electron chi connectivity index (χ1n) is 6.92. The molecule has 0 aromatic heterocycles. The molecule has 22 heavy (non-hydrogen) atoms. The van der Waals surface area contributed by atoms with Crippen molar-refractivity contribution in [3.05, 3.63) is 48.0 Å². The predicted octanol–water partition coefficient (Wildman–Crippen LogP) is 3.56. The predicted molar refractivity (Wildman–Crippen MR) is 90.2 cm³/mol.